The number of nitrogens with zero attached hydrogens (tertiary/aromatic N) is 4. The minimum absolute atomic E-state index is 0.0684. The van der Waals surface area contributed by atoms with Crippen molar-refractivity contribution < 1.29 is 9.59 Å². The van der Waals surface area contributed by atoms with E-state index in [-0.39, 0.29) is 23.0 Å². The number of rotatable bonds is 8. The predicted octanol–water partition coefficient (Wildman–Crippen LogP) is 5.04. The number of ketones is 1. The molecule has 1 aliphatic heterocycles. The van der Waals surface area contributed by atoms with Crippen molar-refractivity contribution in [1.82, 2.24) is 24.6 Å². The maximum atomic E-state index is 13.2. The third-order valence-corrected chi connectivity index (χ3v) is 7.16. The quantitative estimate of drug-likeness (QED) is 0.350. The first-order valence-corrected chi connectivity index (χ1v) is 12.6. The number of likely N-dealkylation sites (tertiary alicyclic amines) is 1. The van der Waals surface area contributed by atoms with E-state index in [2.05, 4.69) is 43.6 Å². The maximum Gasteiger partial charge on any atom is 0.245 e. The van der Waals surface area contributed by atoms with Gasteiger partial charge in [-0.2, -0.15) is 5.10 Å². The highest BCUT2D eigenvalue weighted by Gasteiger charge is 2.32. The molecule has 0 spiro atoms. The number of carbonyl (C=O) groups is 2. The first-order chi connectivity index (χ1) is 16.5. The zero-order valence-corrected chi connectivity index (χ0v) is 22.0. The number of H-pyrrole nitrogens is 1. The second kappa shape index (κ2) is 9.61. The van der Waals surface area contributed by atoms with Crippen LogP contribution in [0.5, 0.6) is 0 Å². The second-order valence-electron chi connectivity index (χ2n) is 10.4. The van der Waals surface area contributed by atoms with Gasteiger partial charge >= 0.3 is 0 Å². The van der Waals surface area contributed by atoms with Crippen LogP contribution in [0.3, 0.4) is 0 Å². The highest BCUT2D eigenvalue weighted by atomic mass is 35.5. The van der Waals surface area contributed by atoms with E-state index in [1.54, 1.807) is 4.90 Å². The number of halogens is 1. The lowest BCUT2D eigenvalue weighted by Crippen LogP contribution is -2.50. The van der Waals surface area contributed by atoms with Crippen LogP contribution in [0.1, 0.15) is 67.4 Å². The van der Waals surface area contributed by atoms with Crippen molar-refractivity contribution in [2.75, 3.05) is 13.1 Å². The van der Waals surface area contributed by atoms with Crippen LogP contribution in [0.25, 0.3) is 10.9 Å². The SMILES string of the molecule is C=CC(=O)N1CC(CC(=O)c2c(C)nc(CCc3[nH]nc4cc(Cl)c(C(C)(C)C)cc34)n2CC)C1. The summed E-state index contributed by atoms with van der Waals surface area (Å²) in [6, 6.07) is 4.07. The fraction of sp³-hybridized carbons (Fsp3) is 0.481. The zero-order valence-electron chi connectivity index (χ0n) is 21.2. The molecule has 0 bridgehead atoms. The number of fused-ring (bicyclic) bond motifs is 1. The Morgan fingerprint density at radius 3 is 2.60 bits per heavy atom. The number of nitrogens with one attached hydrogen (secondary N) is 1. The third-order valence-electron chi connectivity index (χ3n) is 6.85. The van der Waals surface area contributed by atoms with Gasteiger partial charge in [-0.3, -0.25) is 14.7 Å². The number of benzene rings is 1. The molecule has 4 rings (SSSR count). The van der Waals surface area contributed by atoms with E-state index in [4.69, 9.17) is 16.6 Å². The average Bonchev–Trinajstić information content (AvgIpc) is 3.31. The number of amides is 1. The van der Waals surface area contributed by atoms with Gasteiger partial charge in [0, 0.05) is 54.5 Å². The van der Waals surface area contributed by atoms with Crippen LogP contribution in [0.15, 0.2) is 24.8 Å². The van der Waals surface area contributed by atoms with Gasteiger partial charge in [0.1, 0.15) is 11.5 Å². The van der Waals surface area contributed by atoms with E-state index in [0.29, 0.717) is 38.2 Å². The number of aryl methyl sites for hydroxylation is 3. The van der Waals surface area contributed by atoms with Crippen LogP contribution in [-0.4, -0.2) is 49.4 Å². The van der Waals surface area contributed by atoms with E-state index in [0.717, 1.165) is 45.1 Å². The average molecular weight is 496 g/mol. The maximum absolute atomic E-state index is 13.2. The third kappa shape index (κ3) is 4.92. The molecule has 8 heteroatoms. The van der Waals surface area contributed by atoms with Crippen molar-refractivity contribution in [3.63, 3.8) is 0 Å². The number of carbonyl (C=O) groups excluding carboxylic acids is 2. The summed E-state index contributed by atoms with van der Waals surface area (Å²) in [6.07, 6.45) is 3.17. The molecule has 1 aromatic carbocycles. The number of Topliss-reactive ketones (excluding diaryl/α,β-unsaturated/α-hetero) is 1. The summed E-state index contributed by atoms with van der Waals surface area (Å²) in [5, 5.41) is 9.44. The lowest BCUT2D eigenvalue weighted by Gasteiger charge is -2.38. The summed E-state index contributed by atoms with van der Waals surface area (Å²) in [5.41, 5.74) is 4.38. The summed E-state index contributed by atoms with van der Waals surface area (Å²) in [4.78, 5) is 31.3. The van der Waals surface area contributed by atoms with E-state index in [1.807, 2.05) is 24.5 Å². The minimum Gasteiger partial charge on any atom is -0.338 e. The Balaban J connectivity index is 1.51. The number of aromatic amines is 1. The standard InChI is InChI=1S/C27H34ClN5O2/c1-7-25(35)32-14-17(15-32)11-23(34)26-16(3)29-24(33(26)8-2)10-9-21-18-12-19(27(4,5)6)20(28)13-22(18)31-30-21/h7,12-13,17H,1,8-11,14-15H2,2-6H3,(H,30,31). The molecule has 7 nitrogen and oxygen atoms in total. The monoisotopic (exact) mass is 495 g/mol. The fourth-order valence-electron chi connectivity index (χ4n) is 4.97. The Labute approximate surface area is 211 Å². The minimum atomic E-state index is -0.0750. The van der Waals surface area contributed by atoms with Gasteiger partial charge in [-0.15, -0.1) is 0 Å². The van der Waals surface area contributed by atoms with Crippen LogP contribution < -0.4 is 0 Å². The molecular formula is C27H34ClN5O2. The Bertz CT molecular complexity index is 1290. The predicted molar refractivity (Wildman–Crippen MR) is 139 cm³/mol. The zero-order chi connectivity index (χ0) is 25.5. The molecule has 1 amide bonds. The van der Waals surface area contributed by atoms with Crippen LogP contribution in [0, 0.1) is 12.8 Å². The highest BCUT2D eigenvalue weighted by Crippen LogP contribution is 2.34. The van der Waals surface area contributed by atoms with Crippen LogP contribution >= 0.6 is 11.6 Å². The van der Waals surface area contributed by atoms with E-state index < -0.39 is 0 Å². The van der Waals surface area contributed by atoms with Gasteiger partial charge in [0.25, 0.3) is 0 Å². The molecule has 1 fully saturated rings. The van der Waals surface area contributed by atoms with Gasteiger partial charge in [-0.25, -0.2) is 4.98 Å². The van der Waals surface area contributed by atoms with Crippen molar-refractivity contribution >= 4 is 34.2 Å². The van der Waals surface area contributed by atoms with Crippen molar-refractivity contribution in [1.29, 1.82) is 0 Å². The lowest BCUT2D eigenvalue weighted by molar-refractivity contribution is -0.132. The van der Waals surface area contributed by atoms with Gasteiger partial charge in [0.2, 0.25) is 5.91 Å². The number of hydrogen-bond donors (Lipinski definition) is 1. The summed E-state index contributed by atoms with van der Waals surface area (Å²) in [6.45, 7) is 15.8. The molecule has 0 unspecified atom stereocenters. The second-order valence-corrected chi connectivity index (χ2v) is 10.9. The summed E-state index contributed by atoms with van der Waals surface area (Å²) < 4.78 is 2.04. The highest BCUT2D eigenvalue weighted by molar-refractivity contribution is 6.32. The summed E-state index contributed by atoms with van der Waals surface area (Å²) in [7, 11) is 0. The first-order valence-electron chi connectivity index (χ1n) is 12.2. The van der Waals surface area contributed by atoms with Gasteiger partial charge in [0.15, 0.2) is 5.78 Å². The fourth-order valence-corrected chi connectivity index (χ4v) is 5.41. The van der Waals surface area contributed by atoms with Gasteiger partial charge < -0.3 is 9.47 Å². The molecule has 3 aromatic rings. The molecule has 0 saturated carbocycles. The largest absolute Gasteiger partial charge is 0.338 e. The van der Waals surface area contributed by atoms with Crippen LogP contribution in [0.4, 0.5) is 0 Å². The smallest absolute Gasteiger partial charge is 0.245 e. The Morgan fingerprint density at radius 1 is 1.26 bits per heavy atom. The molecule has 0 atom stereocenters. The molecule has 1 saturated heterocycles. The normalized spacial score (nSPS) is 14.4. The topological polar surface area (TPSA) is 83.9 Å². The Morgan fingerprint density at radius 2 is 1.97 bits per heavy atom. The summed E-state index contributed by atoms with van der Waals surface area (Å²) in [5.74, 6) is 1.11. The lowest BCUT2D eigenvalue weighted by atomic mass is 9.86. The van der Waals surface area contributed by atoms with Gasteiger partial charge in [-0.05, 0) is 49.5 Å². The molecule has 2 aromatic heterocycles. The van der Waals surface area contributed by atoms with Crippen LogP contribution in [0.2, 0.25) is 5.02 Å². The van der Waals surface area contributed by atoms with Crippen molar-refractivity contribution in [2.24, 2.45) is 5.92 Å². The molecule has 3 heterocycles. The number of hydrogen-bond acceptors (Lipinski definition) is 4. The van der Waals surface area contributed by atoms with Crippen molar-refractivity contribution in [3.05, 3.63) is 58.3 Å². The molecule has 186 valence electrons. The van der Waals surface area contributed by atoms with E-state index in [9.17, 15) is 9.59 Å². The van der Waals surface area contributed by atoms with Gasteiger partial charge in [0.05, 0.1) is 11.2 Å². The number of aromatic nitrogens is 4. The molecule has 1 aliphatic rings. The summed E-state index contributed by atoms with van der Waals surface area (Å²) >= 11 is 6.52. The van der Waals surface area contributed by atoms with E-state index >= 15 is 0 Å². The first kappa shape index (κ1) is 25.2. The Kier molecular flexibility index (Phi) is 6.91. The number of imidazole rings is 1. The van der Waals surface area contributed by atoms with E-state index in [1.165, 1.54) is 6.08 Å². The van der Waals surface area contributed by atoms with Crippen LogP contribution in [-0.2, 0) is 29.6 Å². The molecular weight excluding hydrogens is 462 g/mol. The molecule has 0 radical (unpaired) electrons. The molecule has 0 aliphatic carbocycles. The van der Waals surface area contributed by atoms with Gasteiger partial charge in [-0.1, -0.05) is 39.0 Å². The Hall–Kier alpha value is -2.93. The molecule has 1 N–H and O–H groups in total. The van der Waals surface area contributed by atoms with Crippen molar-refractivity contribution in [2.45, 2.75) is 65.8 Å². The van der Waals surface area contributed by atoms with Crippen molar-refractivity contribution in [3.8, 4) is 0 Å². The molecule has 35 heavy (non-hydrogen) atoms.